The van der Waals surface area contributed by atoms with Gasteiger partial charge < -0.3 is 10.4 Å². The van der Waals surface area contributed by atoms with Gasteiger partial charge in [0.25, 0.3) is 0 Å². The molecular weight excluding hydrogens is 280 g/mol. The molecule has 6 heteroatoms. The van der Waals surface area contributed by atoms with Crippen LogP contribution in [0.25, 0.3) is 0 Å². The zero-order valence-corrected chi connectivity index (χ0v) is 11.2. The number of benzene rings is 1. The highest BCUT2D eigenvalue weighted by Gasteiger charge is 2.47. The highest BCUT2D eigenvalue weighted by Crippen LogP contribution is 2.48. The summed E-state index contributed by atoms with van der Waals surface area (Å²) in [7, 11) is 0. The summed E-state index contributed by atoms with van der Waals surface area (Å²) in [5.41, 5.74) is 0.188. The molecule has 3 unspecified atom stereocenters. The average Bonchev–Trinajstić information content (AvgIpc) is 3.31. The number of hydrogen-bond donors (Lipinski definition) is 2. The second-order valence-corrected chi connectivity index (χ2v) is 5.75. The van der Waals surface area contributed by atoms with Crippen molar-refractivity contribution < 1.29 is 23.5 Å². The summed E-state index contributed by atoms with van der Waals surface area (Å²) < 4.78 is 26.8. The van der Waals surface area contributed by atoms with Crippen molar-refractivity contribution in [1.29, 1.82) is 0 Å². The van der Waals surface area contributed by atoms with Crippen LogP contribution in [0.1, 0.15) is 30.7 Å². The number of carbonyl (C=O) groups excluding carboxylic acids is 1. The van der Waals surface area contributed by atoms with Gasteiger partial charge in [-0.05, 0) is 42.7 Å². The minimum Gasteiger partial charge on any atom is -0.480 e. The van der Waals surface area contributed by atoms with Gasteiger partial charge in [0, 0.05) is 5.92 Å². The Labute approximate surface area is 120 Å². The van der Waals surface area contributed by atoms with E-state index in [2.05, 4.69) is 5.32 Å². The van der Waals surface area contributed by atoms with Gasteiger partial charge in [-0.15, -0.1) is 0 Å². The number of carboxylic acid groups (broad SMARTS) is 1. The van der Waals surface area contributed by atoms with Gasteiger partial charge in [-0.2, -0.15) is 0 Å². The molecule has 21 heavy (non-hydrogen) atoms. The van der Waals surface area contributed by atoms with E-state index in [1.165, 1.54) is 12.1 Å². The van der Waals surface area contributed by atoms with E-state index >= 15 is 0 Å². The normalized spacial score (nSPS) is 25.2. The molecule has 3 atom stereocenters. The summed E-state index contributed by atoms with van der Waals surface area (Å²) in [5.74, 6) is -4.12. The zero-order valence-electron chi connectivity index (χ0n) is 11.2. The Balaban J connectivity index is 1.65. The molecule has 1 aromatic rings. The topological polar surface area (TPSA) is 66.4 Å². The van der Waals surface area contributed by atoms with Crippen LogP contribution < -0.4 is 5.32 Å². The number of halogens is 2. The van der Waals surface area contributed by atoms with E-state index in [1.54, 1.807) is 0 Å². The molecule has 0 aromatic heterocycles. The van der Waals surface area contributed by atoms with Gasteiger partial charge in [0.2, 0.25) is 5.91 Å². The van der Waals surface area contributed by atoms with Crippen molar-refractivity contribution in [2.45, 2.75) is 31.2 Å². The van der Waals surface area contributed by atoms with Crippen LogP contribution in [0.2, 0.25) is 0 Å². The lowest BCUT2D eigenvalue weighted by atomic mass is 10.1. The third-order valence-electron chi connectivity index (χ3n) is 4.17. The fourth-order valence-corrected chi connectivity index (χ4v) is 2.71. The van der Waals surface area contributed by atoms with E-state index in [9.17, 15) is 18.4 Å². The number of aliphatic carboxylic acids is 1. The minimum atomic E-state index is -1.04. The lowest BCUT2D eigenvalue weighted by Crippen LogP contribution is -2.43. The summed E-state index contributed by atoms with van der Waals surface area (Å²) in [6.07, 6.45) is 2.01. The number of nitrogens with one attached hydrogen (secondary N) is 1. The summed E-state index contributed by atoms with van der Waals surface area (Å²) in [5, 5.41) is 11.6. The van der Waals surface area contributed by atoms with Crippen molar-refractivity contribution in [1.82, 2.24) is 5.32 Å². The number of carbonyl (C=O) groups is 2. The third-order valence-corrected chi connectivity index (χ3v) is 4.17. The molecule has 0 heterocycles. The molecular formula is C15H15F2NO3. The predicted molar refractivity (Wildman–Crippen MR) is 69.5 cm³/mol. The van der Waals surface area contributed by atoms with Crippen molar-refractivity contribution in [3.8, 4) is 0 Å². The highest BCUT2D eigenvalue weighted by atomic mass is 19.2. The van der Waals surface area contributed by atoms with E-state index < -0.39 is 29.6 Å². The Kier molecular flexibility index (Phi) is 3.39. The van der Waals surface area contributed by atoms with Gasteiger partial charge in [0.1, 0.15) is 6.04 Å². The van der Waals surface area contributed by atoms with Gasteiger partial charge in [-0.25, -0.2) is 13.6 Å². The molecule has 2 N–H and O–H groups in total. The van der Waals surface area contributed by atoms with Gasteiger partial charge in [-0.1, -0.05) is 12.1 Å². The molecule has 0 radical (unpaired) electrons. The Morgan fingerprint density at radius 1 is 1.29 bits per heavy atom. The molecule has 1 amide bonds. The molecule has 0 aliphatic heterocycles. The van der Waals surface area contributed by atoms with Crippen LogP contribution in [0, 0.1) is 23.5 Å². The van der Waals surface area contributed by atoms with Gasteiger partial charge in [0.05, 0.1) is 0 Å². The number of amides is 1. The van der Waals surface area contributed by atoms with E-state index in [1.807, 2.05) is 0 Å². The van der Waals surface area contributed by atoms with E-state index in [-0.39, 0.29) is 23.3 Å². The van der Waals surface area contributed by atoms with Crippen LogP contribution in [-0.4, -0.2) is 23.0 Å². The smallest absolute Gasteiger partial charge is 0.326 e. The molecule has 2 saturated carbocycles. The molecule has 0 bridgehead atoms. The van der Waals surface area contributed by atoms with Gasteiger partial charge in [-0.3, -0.25) is 4.79 Å². The van der Waals surface area contributed by atoms with Crippen LogP contribution in [0.15, 0.2) is 18.2 Å². The molecule has 2 fully saturated rings. The third kappa shape index (κ3) is 2.75. The summed E-state index contributed by atoms with van der Waals surface area (Å²) in [4.78, 5) is 23.1. The Bertz CT molecular complexity index is 601. The van der Waals surface area contributed by atoms with E-state index in [0.29, 0.717) is 6.42 Å². The monoisotopic (exact) mass is 295 g/mol. The molecule has 112 valence electrons. The van der Waals surface area contributed by atoms with Crippen molar-refractivity contribution in [2.75, 3.05) is 0 Å². The fraction of sp³-hybridized carbons (Fsp3) is 0.467. The largest absolute Gasteiger partial charge is 0.480 e. The molecule has 0 saturated heterocycles. The zero-order chi connectivity index (χ0) is 15.1. The summed E-state index contributed by atoms with van der Waals surface area (Å²) >= 11 is 0. The Morgan fingerprint density at radius 2 is 2.00 bits per heavy atom. The van der Waals surface area contributed by atoms with Crippen LogP contribution in [-0.2, 0) is 9.59 Å². The molecule has 1 aromatic carbocycles. The van der Waals surface area contributed by atoms with Crippen LogP contribution >= 0.6 is 0 Å². The number of hydrogen-bond acceptors (Lipinski definition) is 2. The van der Waals surface area contributed by atoms with Crippen LogP contribution in [0.3, 0.4) is 0 Å². The minimum absolute atomic E-state index is 0.00504. The molecule has 4 nitrogen and oxygen atoms in total. The lowest BCUT2D eigenvalue weighted by Gasteiger charge is -2.13. The maximum absolute atomic E-state index is 13.7. The van der Waals surface area contributed by atoms with Gasteiger partial charge >= 0.3 is 5.97 Å². The Morgan fingerprint density at radius 3 is 2.62 bits per heavy atom. The SMILES string of the molecule is O=C(NC(C(=O)O)C1CC1)C1CC1c1cccc(F)c1F. The number of rotatable bonds is 5. The van der Waals surface area contributed by atoms with Crippen molar-refractivity contribution in [2.24, 2.45) is 11.8 Å². The van der Waals surface area contributed by atoms with Crippen molar-refractivity contribution in [3.05, 3.63) is 35.4 Å². The number of carboxylic acids is 1. The van der Waals surface area contributed by atoms with E-state index in [4.69, 9.17) is 5.11 Å². The molecule has 3 rings (SSSR count). The fourth-order valence-electron chi connectivity index (χ4n) is 2.71. The molecule has 2 aliphatic carbocycles. The Hall–Kier alpha value is -1.98. The maximum Gasteiger partial charge on any atom is 0.326 e. The first kappa shape index (κ1) is 14.0. The van der Waals surface area contributed by atoms with Crippen molar-refractivity contribution >= 4 is 11.9 Å². The van der Waals surface area contributed by atoms with Crippen LogP contribution in [0.4, 0.5) is 8.78 Å². The first-order valence-corrected chi connectivity index (χ1v) is 6.96. The quantitative estimate of drug-likeness (QED) is 0.873. The molecule has 0 spiro atoms. The van der Waals surface area contributed by atoms with Crippen molar-refractivity contribution in [3.63, 3.8) is 0 Å². The maximum atomic E-state index is 13.7. The van der Waals surface area contributed by atoms with E-state index in [0.717, 1.165) is 18.9 Å². The second kappa shape index (κ2) is 5.09. The first-order valence-electron chi connectivity index (χ1n) is 6.96. The average molecular weight is 295 g/mol. The highest BCUT2D eigenvalue weighted by molar-refractivity contribution is 5.87. The molecule has 2 aliphatic rings. The standard InChI is InChI=1S/C15H15F2NO3/c16-11-3-1-2-8(12(11)17)9-6-10(9)14(19)18-13(15(20)21)7-4-5-7/h1-3,7,9-10,13H,4-6H2,(H,18,19)(H,20,21). The summed E-state index contributed by atoms with van der Waals surface area (Å²) in [6.45, 7) is 0. The second-order valence-electron chi connectivity index (χ2n) is 5.75. The first-order chi connectivity index (χ1) is 9.99. The summed E-state index contributed by atoms with van der Waals surface area (Å²) in [6, 6.07) is 3.04. The lowest BCUT2D eigenvalue weighted by molar-refractivity contribution is -0.142. The van der Waals surface area contributed by atoms with Gasteiger partial charge in [0.15, 0.2) is 11.6 Å². The van der Waals surface area contributed by atoms with Crippen LogP contribution in [0.5, 0.6) is 0 Å². The predicted octanol–water partition coefficient (Wildman–Crippen LogP) is 2.05.